The average molecular weight is 184 g/mol. The molecule has 3 N–H and O–H groups in total. The molecule has 0 heterocycles. The number of hydrogen-bond acceptors (Lipinski definition) is 2. The molecule has 0 amide bonds. The van der Waals surface area contributed by atoms with Crippen molar-refractivity contribution in [3.8, 4) is 0 Å². The number of rotatable bonds is 4. The van der Waals surface area contributed by atoms with E-state index < -0.39 is 0 Å². The Morgan fingerprint density at radius 1 is 1.23 bits per heavy atom. The first kappa shape index (κ1) is 11.0. The van der Waals surface area contributed by atoms with Crippen molar-refractivity contribution in [2.24, 2.45) is 11.7 Å². The van der Waals surface area contributed by atoms with Gasteiger partial charge in [0.2, 0.25) is 0 Å². The highest BCUT2D eigenvalue weighted by Crippen LogP contribution is 2.21. The molecule has 0 aliphatic heterocycles. The Bertz CT molecular complexity index is 117. The molecule has 0 bridgehead atoms. The van der Waals surface area contributed by atoms with Crippen molar-refractivity contribution in [2.45, 2.75) is 51.5 Å². The summed E-state index contributed by atoms with van der Waals surface area (Å²) in [5, 5.41) is 3.50. The van der Waals surface area contributed by atoms with Crippen LogP contribution in [0.5, 0.6) is 0 Å². The Morgan fingerprint density at radius 3 is 2.38 bits per heavy atom. The van der Waals surface area contributed by atoms with Gasteiger partial charge in [-0.2, -0.15) is 0 Å². The maximum Gasteiger partial charge on any atom is 0.0162 e. The highest BCUT2D eigenvalue weighted by molar-refractivity contribution is 4.69. The number of nitrogens with one attached hydrogen (secondary N) is 1. The smallest absolute Gasteiger partial charge is 0.0162 e. The summed E-state index contributed by atoms with van der Waals surface area (Å²) in [4.78, 5) is 0. The van der Waals surface area contributed by atoms with E-state index in [9.17, 15) is 0 Å². The summed E-state index contributed by atoms with van der Waals surface area (Å²) in [7, 11) is 0. The summed E-state index contributed by atoms with van der Waals surface area (Å²) in [5.74, 6) is 0.913. The largest absolute Gasteiger partial charge is 0.329 e. The Balaban J connectivity index is 2.11. The molecule has 1 aliphatic rings. The van der Waals surface area contributed by atoms with Gasteiger partial charge in [-0.15, -0.1) is 0 Å². The molecule has 0 saturated heterocycles. The normalized spacial score (nSPS) is 22.6. The Morgan fingerprint density at radius 2 is 1.85 bits per heavy atom. The van der Waals surface area contributed by atoms with Gasteiger partial charge in [-0.3, -0.25) is 0 Å². The van der Waals surface area contributed by atoms with Crippen LogP contribution in [0.25, 0.3) is 0 Å². The molecule has 0 radical (unpaired) electrons. The first-order valence-corrected chi connectivity index (χ1v) is 5.76. The van der Waals surface area contributed by atoms with Crippen LogP contribution >= 0.6 is 0 Å². The quantitative estimate of drug-likeness (QED) is 0.655. The van der Waals surface area contributed by atoms with Crippen LogP contribution in [0.15, 0.2) is 0 Å². The summed E-state index contributed by atoms with van der Waals surface area (Å²) in [6.07, 6.45) is 8.60. The van der Waals surface area contributed by atoms with Crippen molar-refractivity contribution in [1.29, 1.82) is 0 Å². The van der Waals surface area contributed by atoms with E-state index in [0.717, 1.165) is 12.5 Å². The van der Waals surface area contributed by atoms with Crippen LogP contribution in [0.2, 0.25) is 0 Å². The van der Waals surface area contributed by atoms with Crippen molar-refractivity contribution in [1.82, 2.24) is 5.32 Å². The number of hydrogen-bond donors (Lipinski definition) is 2. The van der Waals surface area contributed by atoms with Crippen LogP contribution in [0.1, 0.15) is 45.4 Å². The van der Waals surface area contributed by atoms with Crippen molar-refractivity contribution >= 4 is 0 Å². The molecule has 1 rings (SSSR count). The van der Waals surface area contributed by atoms with E-state index in [4.69, 9.17) is 5.73 Å². The predicted octanol–water partition coefficient (Wildman–Crippen LogP) is 1.89. The minimum Gasteiger partial charge on any atom is -0.329 e. The minimum absolute atomic E-state index is 0.489. The maximum atomic E-state index is 5.56. The molecule has 0 aromatic heterocycles. The molecule has 2 heteroatoms. The molecular formula is C11H24N2. The van der Waals surface area contributed by atoms with E-state index in [1.165, 1.54) is 45.1 Å². The summed E-state index contributed by atoms with van der Waals surface area (Å²) in [6, 6.07) is 0.489. The van der Waals surface area contributed by atoms with Crippen LogP contribution < -0.4 is 11.1 Å². The van der Waals surface area contributed by atoms with Gasteiger partial charge in [0.05, 0.1) is 0 Å². The summed E-state index contributed by atoms with van der Waals surface area (Å²) in [6.45, 7) is 4.10. The van der Waals surface area contributed by atoms with Gasteiger partial charge in [0.15, 0.2) is 0 Å². The summed E-state index contributed by atoms with van der Waals surface area (Å²) in [5.41, 5.74) is 5.56. The van der Waals surface area contributed by atoms with Crippen LogP contribution in [0.3, 0.4) is 0 Å². The van der Waals surface area contributed by atoms with Gasteiger partial charge < -0.3 is 11.1 Å². The molecule has 78 valence electrons. The lowest BCUT2D eigenvalue weighted by molar-refractivity contribution is 0.401. The second-order valence-electron chi connectivity index (χ2n) is 4.40. The second kappa shape index (κ2) is 6.39. The third-order valence-electron chi connectivity index (χ3n) is 3.08. The van der Waals surface area contributed by atoms with Crippen molar-refractivity contribution < 1.29 is 0 Å². The molecular weight excluding hydrogens is 160 g/mol. The third-order valence-corrected chi connectivity index (χ3v) is 3.08. The highest BCUT2D eigenvalue weighted by Gasteiger charge is 2.12. The van der Waals surface area contributed by atoms with Crippen molar-refractivity contribution in [2.75, 3.05) is 13.1 Å². The fraction of sp³-hybridized carbons (Fsp3) is 1.00. The number of nitrogens with two attached hydrogens (primary N) is 1. The van der Waals surface area contributed by atoms with Crippen LogP contribution in [0.4, 0.5) is 0 Å². The molecule has 1 fully saturated rings. The standard InChI is InChI=1S/C11H24N2/c1-10(8-12)13-9-11-6-4-2-3-5-7-11/h10-11,13H,2-9,12H2,1H3/t10-/m1/s1. The summed E-state index contributed by atoms with van der Waals surface area (Å²) < 4.78 is 0. The SMILES string of the molecule is C[C@H](CN)NCC1CCCCCC1. The fourth-order valence-corrected chi connectivity index (χ4v) is 2.02. The van der Waals surface area contributed by atoms with Gasteiger partial charge in [-0.1, -0.05) is 25.7 Å². The minimum atomic E-state index is 0.489. The van der Waals surface area contributed by atoms with E-state index in [2.05, 4.69) is 12.2 Å². The monoisotopic (exact) mass is 184 g/mol. The van der Waals surface area contributed by atoms with Crippen LogP contribution in [-0.4, -0.2) is 19.1 Å². The molecule has 1 atom stereocenters. The lowest BCUT2D eigenvalue weighted by atomic mass is 10.0. The molecule has 0 aromatic carbocycles. The van der Waals surface area contributed by atoms with Gasteiger partial charge in [0.1, 0.15) is 0 Å². The summed E-state index contributed by atoms with van der Waals surface area (Å²) >= 11 is 0. The molecule has 1 aliphatic carbocycles. The fourth-order valence-electron chi connectivity index (χ4n) is 2.02. The zero-order valence-corrected chi connectivity index (χ0v) is 8.89. The average Bonchev–Trinajstić information content (AvgIpc) is 2.42. The van der Waals surface area contributed by atoms with Crippen LogP contribution in [0, 0.1) is 5.92 Å². The second-order valence-corrected chi connectivity index (χ2v) is 4.40. The van der Waals surface area contributed by atoms with Crippen LogP contribution in [-0.2, 0) is 0 Å². The third kappa shape index (κ3) is 4.63. The van der Waals surface area contributed by atoms with Crippen molar-refractivity contribution in [3.05, 3.63) is 0 Å². The van der Waals surface area contributed by atoms with Crippen molar-refractivity contribution in [3.63, 3.8) is 0 Å². The van der Waals surface area contributed by atoms with E-state index in [0.29, 0.717) is 6.04 Å². The van der Waals surface area contributed by atoms with E-state index in [1.807, 2.05) is 0 Å². The Hall–Kier alpha value is -0.0800. The molecule has 0 unspecified atom stereocenters. The molecule has 2 nitrogen and oxygen atoms in total. The molecule has 13 heavy (non-hydrogen) atoms. The Kier molecular flexibility index (Phi) is 5.40. The zero-order valence-electron chi connectivity index (χ0n) is 8.89. The predicted molar refractivity (Wildman–Crippen MR) is 57.7 cm³/mol. The zero-order chi connectivity index (χ0) is 9.52. The van der Waals surface area contributed by atoms with Gasteiger partial charge in [0, 0.05) is 12.6 Å². The van der Waals surface area contributed by atoms with Gasteiger partial charge >= 0.3 is 0 Å². The van der Waals surface area contributed by atoms with E-state index in [1.54, 1.807) is 0 Å². The van der Waals surface area contributed by atoms with Gasteiger partial charge in [-0.05, 0) is 32.2 Å². The van der Waals surface area contributed by atoms with Gasteiger partial charge in [0.25, 0.3) is 0 Å². The lowest BCUT2D eigenvalue weighted by Gasteiger charge is -2.18. The first-order chi connectivity index (χ1) is 6.33. The van der Waals surface area contributed by atoms with E-state index in [-0.39, 0.29) is 0 Å². The highest BCUT2D eigenvalue weighted by atomic mass is 14.9. The topological polar surface area (TPSA) is 38.0 Å². The van der Waals surface area contributed by atoms with E-state index >= 15 is 0 Å². The Labute approximate surface area is 82.3 Å². The molecule has 0 spiro atoms. The first-order valence-electron chi connectivity index (χ1n) is 5.76. The molecule has 0 aromatic rings. The van der Waals surface area contributed by atoms with Gasteiger partial charge in [-0.25, -0.2) is 0 Å². The maximum absolute atomic E-state index is 5.56. The lowest BCUT2D eigenvalue weighted by Crippen LogP contribution is -2.36. The molecule has 1 saturated carbocycles.